The van der Waals surface area contributed by atoms with Gasteiger partial charge in [-0.15, -0.1) is 0 Å². The van der Waals surface area contributed by atoms with E-state index in [2.05, 4.69) is 55.4 Å². The molecule has 0 spiro atoms. The first kappa shape index (κ1) is 91.1. The van der Waals surface area contributed by atoms with Gasteiger partial charge < -0.3 is 33.8 Å². The zero-order valence-electron chi connectivity index (χ0n) is 60.9. The van der Waals surface area contributed by atoms with Crippen LogP contribution in [0.3, 0.4) is 0 Å². The second kappa shape index (κ2) is 63.5. The number of hydrogen-bond acceptors (Lipinski definition) is 15. The van der Waals surface area contributed by atoms with Crippen molar-refractivity contribution in [2.45, 2.75) is 388 Å². The number of ether oxygens (including phenoxy) is 4. The number of phosphoric ester groups is 2. The molecule has 17 nitrogen and oxygen atoms in total. The molecule has 93 heavy (non-hydrogen) atoms. The largest absolute Gasteiger partial charge is 0.472 e. The van der Waals surface area contributed by atoms with Crippen LogP contribution in [0.15, 0.2) is 0 Å². The fourth-order valence-corrected chi connectivity index (χ4v) is 12.7. The van der Waals surface area contributed by atoms with Crippen molar-refractivity contribution >= 4 is 39.5 Å². The summed E-state index contributed by atoms with van der Waals surface area (Å²) in [6.45, 7) is 14.2. The molecule has 0 bridgehead atoms. The molecule has 4 unspecified atom stereocenters. The Morgan fingerprint density at radius 1 is 0.301 bits per heavy atom. The lowest BCUT2D eigenvalue weighted by Crippen LogP contribution is -2.30. The van der Waals surface area contributed by atoms with Crippen molar-refractivity contribution in [2.75, 3.05) is 39.6 Å². The van der Waals surface area contributed by atoms with Crippen molar-refractivity contribution in [1.82, 2.24) is 0 Å². The molecule has 0 aromatic carbocycles. The predicted molar refractivity (Wildman–Crippen MR) is 377 cm³/mol. The number of carbonyl (C=O) groups excluding carboxylic acids is 4. The predicted octanol–water partition coefficient (Wildman–Crippen LogP) is 21.3. The summed E-state index contributed by atoms with van der Waals surface area (Å²) in [5, 5.41) is 10.6. The summed E-state index contributed by atoms with van der Waals surface area (Å²) in [5.74, 6) is 0.942. The lowest BCUT2D eigenvalue weighted by Gasteiger charge is -2.21. The quantitative estimate of drug-likeness (QED) is 0.0222. The van der Waals surface area contributed by atoms with Crippen LogP contribution >= 0.6 is 15.6 Å². The van der Waals surface area contributed by atoms with Gasteiger partial charge in [-0.05, 0) is 49.4 Å². The Morgan fingerprint density at radius 2 is 0.516 bits per heavy atom. The topological polar surface area (TPSA) is 237 Å². The van der Waals surface area contributed by atoms with Crippen molar-refractivity contribution < 1.29 is 80.2 Å². The van der Waals surface area contributed by atoms with Gasteiger partial charge in [0, 0.05) is 25.7 Å². The fraction of sp³-hybridized carbons (Fsp3) is 0.946. The molecule has 19 heteroatoms. The Labute approximate surface area is 568 Å². The van der Waals surface area contributed by atoms with Gasteiger partial charge in [0.15, 0.2) is 12.2 Å². The third-order valence-electron chi connectivity index (χ3n) is 17.8. The molecule has 0 radical (unpaired) electrons. The second-order valence-corrected chi connectivity index (χ2v) is 31.0. The van der Waals surface area contributed by atoms with E-state index in [-0.39, 0.29) is 25.7 Å². The summed E-state index contributed by atoms with van der Waals surface area (Å²) in [6.07, 6.45) is 47.2. The van der Waals surface area contributed by atoms with Crippen LogP contribution < -0.4 is 0 Å². The highest BCUT2D eigenvalue weighted by Crippen LogP contribution is 2.45. The zero-order chi connectivity index (χ0) is 68.9. The number of aliphatic hydroxyl groups is 1. The van der Waals surface area contributed by atoms with Gasteiger partial charge >= 0.3 is 39.5 Å². The number of unbranched alkanes of at least 4 members (excludes halogenated alkanes) is 35. The van der Waals surface area contributed by atoms with E-state index in [1.807, 2.05) is 0 Å². The lowest BCUT2D eigenvalue weighted by atomic mass is 9.99. The molecule has 0 aliphatic rings. The van der Waals surface area contributed by atoms with Crippen LogP contribution in [0.1, 0.15) is 370 Å². The van der Waals surface area contributed by atoms with E-state index in [0.717, 1.165) is 114 Å². The number of esters is 4. The fourth-order valence-electron chi connectivity index (χ4n) is 11.1. The summed E-state index contributed by atoms with van der Waals surface area (Å²) < 4.78 is 68.4. The van der Waals surface area contributed by atoms with Crippen LogP contribution in [-0.2, 0) is 65.4 Å². The number of rotatable bonds is 71. The van der Waals surface area contributed by atoms with Gasteiger partial charge in [-0.3, -0.25) is 37.3 Å². The molecule has 0 aromatic rings. The van der Waals surface area contributed by atoms with Crippen LogP contribution in [0.2, 0.25) is 0 Å². The highest BCUT2D eigenvalue weighted by atomic mass is 31.2. The Balaban J connectivity index is 5.24. The highest BCUT2D eigenvalue weighted by Gasteiger charge is 2.30. The molecule has 7 atom stereocenters. The van der Waals surface area contributed by atoms with E-state index in [4.69, 9.17) is 37.0 Å². The van der Waals surface area contributed by atoms with E-state index in [0.29, 0.717) is 31.6 Å². The lowest BCUT2D eigenvalue weighted by molar-refractivity contribution is -0.161. The first-order valence-corrected chi connectivity index (χ1v) is 41.3. The summed E-state index contributed by atoms with van der Waals surface area (Å²) in [6, 6.07) is 0. The van der Waals surface area contributed by atoms with Gasteiger partial charge in [-0.1, -0.05) is 319 Å². The Kier molecular flexibility index (Phi) is 62.2. The van der Waals surface area contributed by atoms with E-state index in [1.54, 1.807) is 0 Å². The molecule has 0 aliphatic heterocycles. The maximum Gasteiger partial charge on any atom is 0.472 e. The SMILES string of the molecule is CCC(C)CCCCCCCCCCCCCCCCC(=O)O[C@H](COC(=O)CCCCCCCCCCC(C)CC)COP(=O)(O)OC[C@@H](O)COP(=O)(O)OC[C@@H](COC(=O)CCCCCCCCC(C)C)OC(=O)CCCCCCCCCCCCCC(C)C. The van der Waals surface area contributed by atoms with Crippen LogP contribution in [-0.4, -0.2) is 96.7 Å². The molecule has 0 aliphatic carbocycles. The van der Waals surface area contributed by atoms with Crippen LogP contribution in [0, 0.1) is 23.7 Å². The first-order chi connectivity index (χ1) is 44.7. The monoisotopic (exact) mass is 1370 g/mol. The molecule has 0 heterocycles. The van der Waals surface area contributed by atoms with Crippen molar-refractivity contribution in [1.29, 1.82) is 0 Å². The maximum atomic E-state index is 13.1. The van der Waals surface area contributed by atoms with E-state index in [9.17, 15) is 43.2 Å². The van der Waals surface area contributed by atoms with Crippen molar-refractivity contribution in [3.63, 3.8) is 0 Å². The number of hydrogen-bond donors (Lipinski definition) is 3. The van der Waals surface area contributed by atoms with Crippen LogP contribution in [0.5, 0.6) is 0 Å². The van der Waals surface area contributed by atoms with Gasteiger partial charge in [0.05, 0.1) is 26.4 Å². The molecule has 0 rings (SSSR count). The van der Waals surface area contributed by atoms with Gasteiger partial charge in [0.2, 0.25) is 0 Å². The van der Waals surface area contributed by atoms with Gasteiger partial charge in [0.25, 0.3) is 0 Å². The van der Waals surface area contributed by atoms with Crippen LogP contribution in [0.4, 0.5) is 0 Å². The Bertz CT molecular complexity index is 1840. The normalized spacial score (nSPS) is 14.8. The van der Waals surface area contributed by atoms with Crippen LogP contribution in [0.25, 0.3) is 0 Å². The molecule has 0 aromatic heterocycles. The number of phosphoric acid groups is 2. The molecular weight excluding hydrogens is 1220 g/mol. The highest BCUT2D eigenvalue weighted by molar-refractivity contribution is 7.47. The van der Waals surface area contributed by atoms with Crippen molar-refractivity contribution in [2.24, 2.45) is 23.7 Å². The maximum absolute atomic E-state index is 13.1. The molecule has 0 amide bonds. The molecule has 0 saturated heterocycles. The average Bonchev–Trinajstić information content (AvgIpc) is 2.72. The van der Waals surface area contributed by atoms with E-state index in [1.165, 1.54) is 167 Å². The standard InChI is InChI=1S/C74H144O17P2/c1-9-66(7)52-44-36-27-21-17-13-11-12-14-18-22-30-40-48-56-73(78)90-69(60-84-71(76)54-46-38-29-25-24-28-37-45-53-67(8)10-2)62-88-92(80,81)86-58-68(75)59-87-93(82,83)89-63-70(61-85-72(77)55-47-39-33-32-35-43-51-65(5)6)91-74(79)57-49-41-31-23-19-15-16-20-26-34-42-50-64(3)4/h64-70,75H,9-63H2,1-8H3,(H,80,81)(H,82,83)/t66?,67?,68-,69-,70-/m1/s1. The smallest absolute Gasteiger partial charge is 0.462 e. The van der Waals surface area contributed by atoms with Crippen molar-refractivity contribution in [3.8, 4) is 0 Å². The Morgan fingerprint density at radius 3 is 0.763 bits per heavy atom. The Hall–Kier alpha value is -1.94. The molecule has 3 N–H and O–H groups in total. The van der Waals surface area contributed by atoms with Gasteiger partial charge in [-0.2, -0.15) is 0 Å². The minimum atomic E-state index is -4.96. The second-order valence-electron chi connectivity index (χ2n) is 28.1. The zero-order valence-corrected chi connectivity index (χ0v) is 62.7. The first-order valence-electron chi connectivity index (χ1n) is 38.3. The molecular formula is C74H144O17P2. The summed E-state index contributed by atoms with van der Waals surface area (Å²) in [7, 11) is -9.91. The van der Waals surface area contributed by atoms with E-state index < -0.39 is 97.5 Å². The molecule has 0 fully saturated rings. The number of aliphatic hydroxyl groups excluding tert-OH is 1. The minimum absolute atomic E-state index is 0.105. The third kappa shape index (κ3) is 65.8. The molecule has 0 saturated carbocycles. The minimum Gasteiger partial charge on any atom is -0.462 e. The summed E-state index contributed by atoms with van der Waals surface area (Å²) in [5.41, 5.74) is 0. The van der Waals surface area contributed by atoms with Gasteiger partial charge in [0.1, 0.15) is 19.3 Å². The number of carbonyl (C=O) groups is 4. The third-order valence-corrected chi connectivity index (χ3v) is 19.7. The molecule has 552 valence electrons. The average molecular weight is 1370 g/mol. The summed E-state index contributed by atoms with van der Waals surface area (Å²) >= 11 is 0. The van der Waals surface area contributed by atoms with Gasteiger partial charge in [-0.25, -0.2) is 9.13 Å². The van der Waals surface area contributed by atoms with Crippen molar-refractivity contribution in [3.05, 3.63) is 0 Å². The van der Waals surface area contributed by atoms with E-state index >= 15 is 0 Å². The summed E-state index contributed by atoms with van der Waals surface area (Å²) in [4.78, 5) is 72.7.